The topological polar surface area (TPSA) is 41.6 Å². The molecule has 1 fully saturated rings. The molecule has 1 N–H and O–H groups in total. The second kappa shape index (κ2) is 5.97. The van der Waals surface area contributed by atoms with E-state index in [0.717, 1.165) is 19.5 Å². The normalized spacial score (nSPS) is 18.6. The van der Waals surface area contributed by atoms with Crippen molar-refractivity contribution in [1.82, 2.24) is 10.2 Å². The average Bonchev–Trinajstić information content (AvgIpc) is 2.91. The van der Waals surface area contributed by atoms with Gasteiger partial charge in [-0.1, -0.05) is 12.1 Å². The first kappa shape index (κ1) is 13.7. The van der Waals surface area contributed by atoms with Crippen molar-refractivity contribution < 1.29 is 18.3 Å². The summed E-state index contributed by atoms with van der Waals surface area (Å²) in [6, 6.07) is 6.16. The first-order valence-electron chi connectivity index (χ1n) is 6.11. The fourth-order valence-corrected chi connectivity index (χ4v) is 2.17. The highest BCUT2D eigenvalue weighted by Gasteiger charge is 2.26. The molecule has 0 saturated carbocycles. The number of hydrogen-bond acceptors (Lipinski definition) is 3. The van der Waals surface area contributed by atoms with Gasteiger partial charge in [-0.15, -0.1) is 0 Å². The van der Waals surface area contributed by atoms with E-state index in [9.17, 15) is 13.6 Å². The summed E-state index contributed by atoms with van der Waals surface area (Å²) in [4.78, 5) is 13.9. The molecule has 1 amide bonds. The molecule has 1 aromatic rings. The van der Waals surface area contributed by atoms with Crippen LogP contribution in [0.15, 0.2) is 24.3 Å². The Kier molecular flexibility index (Phi) is 4.31. The molecule has 0 bridgehead atoms. The van der Waals surface area contributed by atoms with Gasteiger partial charge < -0.3 is 15.0 Å². The molecule has 19 heavy (non-hydrogen) atoms. The number of rotatable bonds is 4. The minimum Gasteiger partial charge on any atom is -0.434 e. The van der Waals surface area contributed by atoms with Crippen LogP contribution in [0.2, 0.25) is 0 Å². The summed E-state index contributed by atoms with van der Waals surface area (Å²) >= 11 is 0. The summed E-state index contributed by atoms with van der Waals surface area (Å²) in [5, 5.41) is 3.16. The Hall–Kier alpha value is -1.69. The number of likely N-dealkylation sites (N-methyl/N-ethyl adjacent to an activating group) is 1. The SMILES string of the molecule is CN(C(=O)c1ccccc1OC(F)F)[C@H]1CCNC1. The largest absolute Gasteiger partial charge is 0.434 e. The molecule has 1 atom stereocenters. The van der Waals surface area contributed by atoms with Crippen molar-refractivity contribution in [2.45, 2.75) is 19.1 Å². The van der Waals surface area contributed by atoms with Gasteiger partial charge in [-0.3, -0.25) is 4.79 Å². The second-order valence-corrected chi connectivity index (χ2v) is 4.44. The third-order valence-corrected chi connectivity index (χ3v) is 3.24. The number of amides is 1. The molecule has 6 heteroatoms. The number of nitrogens with one attached hydrogen (secondary N) is 1. The highest BCUT2D eigenvalue weighted by Crippen LogP contribution is 2.23. The Balaban J connectivity index is 2.17. The first-order chi connectivity index (χ1) is 9.09. The van der Waals surface area contributed by atoms with Crippen LogP contribution in [-0.4, -0.2) is 43.6 Å². The van der Waals surface area contributed by atoms with Crippen LogP contribution in [0.4, 0.5) is 8.78 Å². The fourth-order valence-electron chi connectivity index (χ4n) is 2.17. The molecule has 0 radical (unpaired) electrons. The Morgan fingerprint density at radius 3 is 2.84 bits per heavy atom. The van der Waals surface area contributed by atoms with Crippen molar-refractivity contribution in [3.63, 3.8) is 0 Å². The van der Waals surface area contributed by atoms with Crippen molar-refractivity contribution in [1.29, 1.82) is 0 Å². The third kappa shape index (κ3) is 3.20. The van der Waals surface area contributed by atoms with Gasteiger partial charge in [0.05, 0.1) is 5.56 Å². The molecule has 0 unspecified atom stereocenters. The maximum atomic E-state index is 12.3. The number of carbonyl (C=O) groups excluding carboxylic acids is 1. The van der Waals surface area contributed by atoms with Crippen LogP contribution < -0.4 is 10.1 Å². The van der Waals surface area contributed by atoms with Gasteiger partial charge in [0.25, 0.3) is 5.91 Å². The summed E-state index contributed by atoms with van der Waals surface area (Å²) in [6.07, 6.45) is 0.861. The van der Waals surface area contributed by atoms with Crippen molar-refractivity contribution in [2.75, 3.05) is 20.1 Å². The van der Waals surface area contributed by atoms with Gasteiger partial charge in [0, 0.05) is 19.6 Å². The fraction of sp³-hybridized carbons (Fsp3) is 0.462. The molecular formula is C13H16F2N2O2. The van der Waals surface area contributed by atoms with Crippen LogP contribution >= 0.6 is 0 Å². The van der Waals surface area contributed by atoms with E-state index >= 15 is 0 Å². The number of halogens is 2. The Labute approximate surface area is 110 Å². The van der Waals surface area contributed by atoms with E-state index in [1.54, 1.807) is 24.1 Å². The Morgan fingerprint density at radius 1 is 1.47 bits per heavy atom. The van der Waals surface area contributed by atoms with E-state index in [1.165, 1.54) is 12.1 Å². The highest BCUT2D eigenvalue weighted by atomic mass is 19.3. The van der Waals surface area contributed by atoms with E-state index in [2.05, 4.69) is 10.1 Å². The zero-order valence-corrected chi connectivity index (χ0v) is 10.6. The standard InChI is InChI=1S/C13H16F2N2O2/c1-17(9-6-7-16-8-9)12(18)10-4-2-3-5-11(10)19-13(14)15/h2-5,9,13,16H,6-8H2,1H3/t9-/m0/s1. The van der Waals surface area contributed by atoms with Crippen molar-refractivity contribution >= 4 is 5.91 Å². The smallest absolute Gasteiger partial charge is 0.387 e. The van der Waals surface area contributed by atoms with Crippen molar-refractivity contribution in [3.05, 3.63) is 29.8 Å². The molecule has 0 spiro atoms. The average molecular weight is 270 g/mol. The number of carbonyl (C=O) groups is 1. The zero-order valence-electron chi connectivity index (χ0n) is 10.6. The molecular weight excluding hydrogens is 254 g/mol. The highest BCUT2D eigenvalue weighted by molar-refractivity contribution is 5.97. The Bertz CT molecular complexity index is 448. The lowest BCUT2D eigenvalue weighted by atomic mass is 10.1. The number of alkyl halides is 2. The maximum Gasteiger partial charge on any atom is 0.387 e. The quantitative estimate of drug-likeness (QED) is 0.905. The lowest BCUT2D eigenvalue weighted by Gasteiger charge is -2.24. The minimum absolute atomic E-state index is 0.0830. The lowest BCUT2D eigenvalue weighted by Crippen LogP contribution is -2.38. The van der Waals surface area contributed by atoms with E-state index in [1.807, 2.05) is 0 Å². The number of ether oxygens (including phenoxy) is 1. The third-order valence-electron chi connectivity index (χ3n) is 3.24. The summed E-state index contributed by atoms with van der Waals surface area (Å²) < 4.78 is 29.0. The molecule has 2 rings (SSSR count). The molecule has 0 aliphatic carbocycles. The van der Waals surface area contributed by atoms with Crippen LogP contribution in [0.5, 0.6) is 5.75 Å². The van der Waals surface area contributed by atoms with Crippen LogP contribution in [0.1, 0.15) is 16.8 Å². The maximum absolute atomic E-state index is 12.3. The van der Waals surface area contributed by atoms with E-state index in [0.29, 0.717) is 0 Å². The predicted octanol–water partition coefficient (Wildman–Crippen LogP) is 1.72. The summed E-state index contributed by atoms with van der Waals surface area (Å²) in [7, 11) is 1.68. The molecule has 104 valence electrons. The monoisotopic (exact) mass is 270 g/mol. The molecule has 1 aliphatic heterocycles. The molecule has 1 aliphatic rings. The molecule has 0 aromatic heterocycles. The van der Waals surface area contributed by atoms with Crippen LogP contribution in [-0.2, 0) is 0 Å². The molecule has 1 heterocycles. The van der Waals surface area contributed by atoms with E-state index in [-0.39, 0.29) is 23.3 Å². The van der Waals surface area contributed by atoms with Crippen LogP contribution in [0, 0.1) is 0 Å². The summed E-state index contributed by atoms with van der Waals surface area (Å²) in [6.45, 7) is -1.36. The first-order valence-corrected chi connectivity index (χ1v) is 6.11. The Morgan fingerprint density at radius 2 is 2.21 bits per heavy atom. The number of para-hydroxylation sites is 1. The molecule has 4 nitrogen and oxygen atoms in total. The molecule has 1 saturated heterocycles. The summed E-state index contributed by atoms with van der Waals surface area (Å²) in [5.41, 5.74) is 0.164. The van der Waals surface area contributed by atoms with Gasteiger partial charge in [-0.25, -0.2) is 0 Å². The predicted molar refractivity (Wildman–Crippen MR) is 66.4 cm³/mol. The number of hydrogen-bond donors (Lipinski definition) is 1. The second-order valence-electron chi connectivity index (χ2n) is 4.44. The van der Waals surface area contributed by atoms with Gasteiger partial charge in [0.15, 0.2) is 0 Å². The van der Waals surface area contributed by atoms with Gasteiger partial charge in [0.1, 0.15) is 5.75 Å². The van der Waals surface area contributed by atoms with Crippen molar-refractivity contribution in [2.24, 2.45) is 0 Å². The zero-order chi connectivity index (χ0) is 13.8. The lowest BCUT2D eigenvalue weighted by molar-refractivity contribution is -0.0502. The van der Waals surface area contributed by atoms with Crippen molar-refractivity contribution in [3.8, 4) is 5.75 Å². The van der Waals surface area contributed by atoms with Gasteiger partial charge >= 0.3 is 6.61 Å². The summed E-state index contributed by atoms with van der Waals surface area (Å²) in [5.74, 6) is -0.384. The van der Waals surface area contributed by atoms with E-state index < -0.39 is 6.61 Å². The number of nitrogens with zero attached hydrogens (tertiary/aromatic N) is 1. The van der Waals surface area contributed by atoms with Gasteiger partial charge in [0.2, 0.25) is 0 Å². The van der Waals surface area contributed by atoms with Crippen LogP contribution in [0.25, 0.3) is 0 Å². The molecule has 1 aromatic carbocycles. The van der Waals surface area contributed by atoms with Gasteiger partial charge in [-0.2, -0.15) is 8.78 Å². The van der Waals surface area contributed by atoms with E-state index in [4.69, 9.17) is 0 Å². The van der Waals surface area contributed by atoms with Gasteiger partial charge in [-0.05, 0) is 25.1 Å². The minimum atomic E-state index is -2.94. The van der Waals surface area contributed by atoms with Crippen LogP contribution in [0.3, 0.4) is 0 Å². The number of benzene rings is 1.